The monoisotopic (exact) mass is 256 g/mol. The van der Waals surface area contributed by atoms with Crippen LogP contribution in [0.25, 0.3) is 0 Å². The number of nitrogens with zero attached hydrogens (tertiary/aromatic N) is 2. The first-order valence-electron chi connectivity index (χ1n) is 5.46. The van der Waals surface area contributed by atoms with Crippen molar-refractivity contribution in [1.29, 1.82) is 0 Å². The molecule has 1 aromatic rings. The second-order valence-electron chi connectivity index (χ2n) is 3.74. The summed E-state index contributed by atoms with van der Waals surface area (Å²) in [5.41, 5.74) is 0.459. The summed E-state index contributed by atoms with van der Waals surface area (Å²) in [5, 5.41) is 9.42. The van der Waals surface area contributed by atoms with Gasteiger partial charge in [-0.05, 0) is 13.3 Å². The Hall–Kier alpha value is -1.43. The third-order valence-electron chi connectivity index (χ3n) is 2.33. The first-order chi connectivity index (χ1) is 7.97. The van der Waals surface area contributed by atoms with Crippen molar-refractivity contribution < 1.29 is 14.7 Å². The smallest absolute Gasteiger partial charge is 0.347 e. The van der Waals surface area contributed by atoms with Gasteiger partial charge in [0.25, 0.3) is 0 Å². The van der Waals surface area contributed by atoms with Crippen molar-refractivity contribution in [1.82, 2.24) is 4.98 Å². The number of hydrogen-bond acceptors (Lipinski definition) is 4. The molecule has 1 heterocycles. The highest BCUT2D eigenvalue weighted by Crippen LogP contribution is 2.26. The summed E-state index contributed by atoms with van der Waals surface area (Å²) >= 11 is 1.05. The molecule has 0 aliphatic heterocycles. The lowest BCUT2D eigenvalue weighted by Crippen LogP contribution is -2.29. The standard InChI is InChI=1S/C11H16N2O3S/c1-4-5-6-13(8(3)14)11-12-7(2)9(17-11)10(15)16/h4-6H2,1-3H3,(H,15,16). The molecule has 0 saturated carbocycles. The Morgan fingerprint density at radius 2 is 2.12 bits per heavy atom. The zero-order chi connectivity index (χ0) is 13.0. The third kappa shape index (κ3) is 3.26. The minimum absolute atomic E-state index is 0.107. The molecule has 5 nitrogen and oxygen atoms in total. The second kappa shape index (κ2) is 5.77. The number of carbonyl (C=O) groups is 2. The summed E-state index contributed by atoms with van der Waals surface area (Å²) in [6.07, 6.45) is 1.85. The lowest BCUT2D eigenvalue weighted by molar-refractivity contribution is -0.116. The largest absolute Gasteiger partial charge is 0.477 e. The van der Waals surface area contributed by atoms with E-state index in [1.165, 1.54) is 11.8 Å². The van der Waals surface area contributed by atoms with Gasteiger partial charge in [0.1, 0.15) is 4.88 Å². The van der Waals surface area contributed by atoms with E-state index < -0.39 is 5.97 Å². The van der Waals surface area contributed by atoms with Crippen LogP contribution in [0.1, 0.15) is 42.1 Å². The summed E-state index contributed by atoms with van der Waals surface area (Å²) < 4.78 is 0. The number of aryl methyl sites for hydroxylation is 1. The van der Waals surface area contributed by atoms with Gasteiger partial charge in [0.05, 0.1) is 5.69 Å². The molecule has 0 aromatic carbocycles. The number of rotatable bonds is 5. The van der Waals surface area contributed by atoms with Crippen LogP contribution in [0.5, 0.6) is 0 Å². The number of anilines is 1. The highest BCUT2D eigenvalue weighted by molar-refractivity contribution is 7.17. The van der Waals surface area contributed by atoms with Gasteiger partial charge in [0.15, 0.2) is 5.13 Å². The van der Waals surface area contributed by atoms with Gasteiger partial charge in [0, 0.05) is 13.5 Å². The zero-order valence-electron chi connectivity index (χ0n) is 10.2. The number of unbranched alkanes of at least 4 members (excludes halogenated alkanes) is 1. The van der Waals surface area contributed by atoms with E-state index in [2.05, 4.69) is 4.98 Å². The molecule has 0 aliphatic rings. The summed E-state index contributed by atoms with van der Waals surface area (Å²) in [4.78, 5) is 28.3. The number of thiazole rings is 1. The molecular weight excluding hydrogens is 240 g/mol. The summed E-state index contributed by atoms with van der Waals surface area (Å²) in [6.45, 7) is 5.72. The molecule has 17 heavy (non-hydrogen) atoms. The topological polar surface area (TPSA) is 70.5 Å². The normalized spacial score (nSPS) is 10.3. The molecule has 94 valence electrons. The molecule has 0 unspecified atom stereocenters. The highest BCUT2D eigenvalue weighted by atomic mass is 32.1. The first-order valence-corrected chi connectivity index (χ1v) is 6.27. The van der Waals surface area contributed by atoms with Crippen molar-refractivity contribution in [3.05, 3.63) is 10.6 Å². The van der Waals surface area contributed by atoms with E-state index in [1.807, 2.05) is 6.92 Å². The van der Waals surface area contributed by atoms with Crippen LogP contribution in [0.4, 0.5) is 5.13 Å². The molecule has 0 aliphatic carbocycles. The molecule has 0 bridgehead atoms. The molecular formula is C11H16N2O3S. The van der Waals surface area contributed by atoms with Gasteiger partial charge < -0.3 is 5.11 Å². The maximum atomic E-state index is 11.5. The number of aromatic carboxylic acids is 1. The van der Waals surface area contributed by atoms with Crippen LogP contribution in [0, 0.1) is 6.92 Å². The minimum Gasteiger partial charge on any atom is -0.477 e. The van der Waals surface area contributed by atoms with Crippen molar-refractivity contribution in [2.24, 2.45) is 0 Å². The molecule has 1 aromatic heterocycles. The average molecular weight is 256 g/mol. The van der Waals surface area contributed by atoms with Crippen LogP contribution in [0.3, 0.4) is 0 Å². The van der Waals surface area contributed by atoms with Gasteiger partial charge >= 0.3 is 5.97 Å². The van der Waals surface area contributed by atoms with Crippen molar-refractivity contribution >= 4 is 28.3 Å². The molecule has 1 N–H and O–H groups in total. The lowest BCUT2D eigenvalue weighted by Gasteiger charge is -2.16. The fourth-order valence-electron chi connectivity index (χ4n) is 1.40. The van der Waals surface area contributed by atoms with Gasteiger partial charge in [-0.2, -0.15) is 0 Å². The Bertz CT molecular complexity index is 428. The second-order valence-corrected chi connectivity index (χ2v) is 4.72. The Labute approximate surface area is 104 Å². The predicted octanol–water partition coefficient (Wildman–Crippen LogP) is 2.30. The molecule has 1 rings (SSSR count). The lowest BCUT2D eigenvalue weighted by atomic mass is 10.3. The van der Waals surface area contributed by atoms with Crippen LogP contribution in [-0.2, 0) is 4.79 Å². The van der Waals surface area contributed by atoms with Gasteiger partial charge in [-0.1, -0.05) is 24.7 Å². The van der Waals surface area contributed by atoms with Gasteiger partial charge in [-0.25, -0.2) is 9.78 Å². The summed E-state index contributed by atoms with van der Waals surface area (Å²) in [6, 6.07) is 0. The molecule has 0 radical (unpaired) electrons. The number of hydrogen-bond donors (Lipinski definition) is 1. The van der Waals surface area contributed by atoms with Gasteiger partial charge in [0.2, 0.25) is 5.91 Å². The van der Waals surface area contributed by atoms with Crippen molar-refractivity contribution in [2.45, 2.75) is 33.6 Å². The first kappa shape index (κ1) is 13.6. The summed E-state index contributed by atoms with van der Waals surface area (Å²) in [7, 11) is 0. The fourth-order valence-corrected chi connectivity index (χ4v) is 2.38. The van der Waals surface area contributed by atoms with Crippen LogP contribution in [-0.4, -0.2) is 28.5 Å². The molecule has 0 fully saturated rings. The van der Waals surface area contributed by atoms with Crippen molar-refractivity contribution in [3.63, 3.8) is 0 Å². The van der Waals surface area contributed by atoms with Crippen LogP contribution in [0.15, 0.2) is 0 Å². The third-order valence-corrected chi connectivity index (χ3v) is 3.49. The number of carboxylic acids is 1. The number of amides is 1. The zero-order valence-corrected chi connectivity index (χ0v) is 11.0. The number of carboxylic acid groups (broad SMARTS) is 1. The Morgan fingerprint density at radius 3 is 2.53 bits per heavy atom. The van der Waals surface area contributed by atoms with Gasteiger partial charge in [-0.3, -0.25) is 9.69 Å². The Morgan fingerprint density at radius 1 is 1.47 bits per heavy atom. The van der Waals surface area contributed by atoms with E-state index in [4.69, 9.17) is 5.11 Å². The Kier molecular flexibility index (Phi) is 4.62. The quantitative estimate of drug-likeness (QED) is 0.877. The SMILES string of the molecule is CCCCN(C(C)=O)c1nc(C)c(C(=O)O)s1. The van der Waals surface area contributed by atoms with Gasteiger partial charge in [-0.15, -0.1) is 0 Å². The fraction of sp³-hybridized carbons (Fsp3) is 0.545. The number of carbonyl (C=O) groups excluding carboxylic acids is 1. The van der Waals surface area contributed by atoms with Crippen molar-refractivity contribution in [3.8, 4) is 0 Å². The summed E-state index contributed by atoms with van der Waals surface area (Å²) in [5.74, 6) is -1.10. The van der Waals surface area contributed by atoms with Crippen LogP contribution >= 0.6 is 11.3 Å². The maximum absolute atomic E-state index is 11.5. The molecule has 1 amide bonds. The van der Waals surface area contributed by atoms with Crippen LogP contribution < -0.4 is 4.90 Å². The highest BCUT2D eigenvalue weighted by Gasteiger charge is 2.20. The van der Waals surface area contributed by atoms with Crippen LogP contribution in [0.2, 0.25) is 0 Å². The molecule has 6 heteroatoms. The van der Waals surface area contributed by atoms with E-state index in [-0.39, 0.29) is 10.8 Å². The molecule has 0 spiro atoms. The Balaban J connectivity index is 2.98. The number of aromatic nitrogens is 1. The van der Waals surface area contributed by atoms with Crippen molar-refractivity contribution in [2.75, 3.05) is 11.4 Å². The molecule has 0 atom stereocenters. The van der Waals surface area contributed by atoms with E-state index in [9.17, 15) is 9.59 Å². The van der Waals surface area contributed by atoms with E-state index in [1.54, 1.807) is 6.92 Å². The maximum Gasteiger partial charge on any atom is 0.347 e. The van der Waals surface area contributed by atoms with E-state index in [0.29, 0.717) is 17.4 Å². The predicted molar refractivity (Wildman–Crippen MR) is 66.7 cm³/mol. The van der Waals surface area contributed by atoms with E-state index in [0.717, 1.165) is 24.2 Å². The minimum atomic E-state index is -0.995. The average Bonchev–Trinajstić information content (AvgIpc) is 2.60. The van der Waals surface area contributed by atoms with E-state index >= 15 is 0 Å². The molecule has 0 saturated heterocycles.